The smallest absolute Gasteiger partial charge is 0.329 e. The van der Waals surface area contributed by atoms with Crippen LogP contribution in [0, 0.1) is 0 Å². The molecule has 2 amide bonds. The average molecular weight is 264 g/mol. The molecule has 0 unspecified atom stereocenters. The van der Waals surface area contributed by atoms with Crippen molar-refractivity contribution in [2.24, 2.45) is 0 Å². The lowest BCUT2D eigenvalue weighted by Gasteiger charge is -2.38. The van der Waals surface area contributed by atoms with Crippen molar-refractivity contribution in [3.63, 3.8) is 0 Å². The maximum Gasteiger partial charge on any atom is 0.329 e. The summed E-state index contributed by atoms with van der Waals surface area (Å²) < 4.78 is 5.01. The lowest BCUT2D eigenvalue weighted by atomic mass is 9.77. The van der Waals surface area contributed by atoms with E-state index in [1.54, 1.807) is 31.4 Å². The second-order valence-electron chi connectivity index (χ2n) is 4.55. The second kappa shape index (κ2) is 5.17. The lowest BCUT2D eigenvalue weighted by Crippen LogP contribution is -2.60. The van der Waals surface area contributed by atoms with E-state index in [9.17, 15) is 9.59 Å². The van der Waals surface area contributed by atoms with Crippen molar-refractivity contribution in [3.05, 3.63) is 24.3 Å². The number of ether oxygens (including phenoxy) is 1. The summed E-state index contributed by atoms with van der Waals surface area (Å²) in [6, 6.07) is 6.30. The summed E-state index contributed by atoms with van der Waals surface area (Å²) in [6.07, 6.45) is 1.76. The molecule has 1 aliphatic carbocycles. The van der Waals surface area contributed by atoms with Crippen LogP contribution in [0.1, 0.15) is 19.3 Å². The summed E-state index contributed by atoms with van der Waals surface area (Å²) >= 11 is 0. The van der Waals surface area contributed by atoms with Crippen LogP contribution in [-0.2, 0) is 4.79 Å². The van der Waals surface area contributed by atoms with Crippen LogP contribution >= 0.6 is 0 Å². The van der Waals surface area contributed by atoms with Gasteiger partial charge in [-0.3, -0.25) is 0 Å². The Morgan fingerprint density at radius 3 is 2.32 bits per heavy atom. The first-order valence-corrected chi connectivity index (χ1v) is 6.02. The number of aliphatic carboxylic acids is 1. The van der Waals surface area contributed by atoms with Gasteiger partial charge in [-0.25, -0.2) is 9.59 Å². The van der Waals surface area contributed by atoms with Crippen LogP contribution < -0.4 is 15.4 Å². The molecule has 0 bridgehead atoms. The number of carboxylic acids is 1. The Bertz CT molecular complexity index is 480. The summed E-state index contributed by atoms with van der Waals surface area (Å²) in [5, 5.41) is 14.2. The monoisotopic (exact) mass is 264 g/mol. The van der Waals surface area contributed by atoms with Gasteiger partial charge in [-0.15, -0.1) is 0 Å². The number of methoxy groups -OCH3 is 1. The quantitative estimate of drug-likeness (QED) is 0.774. The molecule has 0 aliphatic heterocycles. The molecular weight excluding hydrogens is 248 g/mol. The predicted octanol–water partition coefficient (Wildman–Crippen LogP) is 1.82. The minimum atomic E-state index is -1.10. The molecule has 102 valence electrons. The van der Waals surface area contributed by atoms with Crippen LogP contribution in [0.4, 0.5) is 10.5 Å². The highest BCUT2D eigenvalue weighted by Crippen LogP contribution is 2.32. The number of nitrogens with one attached hydrogen (secondary N) is 2. The van der Waals surface area contributed by atoms with E-state index in [-0.39, 0.29) is 0 Å². The highest BCUT2D eigenvalue weighted by molar-refractivity contribution is 5.94. The Balaban J connectivity index is 1.95. The summed E-state index contributed by atoms with van der Waals surface area (Å²) in [4.78, 5) is 22.9. The van der Waals surface area contributed by atoms with Gasteiger partial charge in [0.15, 0.2) is 0 Å². The Labute approximate surface area is 110 Å². The van der Waals surface area contributed by atoms with Crippen molar-refractivity contribution in [3.8, 4) is 5.75 Å². The first-order chi connectivity index (χ1) is 9.05. The van der Waals surface area contributed by atoms with E-state index in [1.807, 2.05) is 0 Å². The van der Waals surface area contributed by atoms with Crippen LogP contribution in [0.5, 0.6) is 5.75 Å². The van der Waals surface area contributed by atoms with Crippen molar-refractivity contribution in [1.82, 2.24) is 5.32 Å². The molecular formula is C13H16N2O4. The maximum atomic E-state index is 11.8. The standard InChI is InChI=1S/C13H16N2O4/c1-19-10-5-3-9(4-6-10)14-12(18)15-13(11(16)17)7-2-8-13/h3-6H,2,7-8H2,1H3,(H,16,17)(H2,14,15,18). The first-order valence-electron chi connectivity index (χ1n) is 6.02. The average Bonchev–Trinajstić information content (AvgIpc) is 2.34. The summed E-state index contributed by atoms with van der Waals surface area (Å²) in [6.45, 7) is 0. The van der Waals surface area contributed by atoms with Crippen molar-refractivity contribution in [1.29, 1.82) is 0 Å². The maximum absolute atomic E-state index is 11.8. The number of carbonyl (C=O) groups is 2. The SMILES string of the molecule is COc1ccc(NC(=O)NC2(C(=O)O)CCC2)cc1. The van der Waals surface area contributed by atoms with E-state index in [1.165, 1.54) is 0 Å². The fourth-order valence-electron chi connectivity index (χ4n) is 1.98. The Morgan fingerprint density at radius 2 is 1.89 bits per heavy atom. The fraction of sp³-hybridized carbons (Fsp3) is 0.385. The fourth-order valence-corrected chi connectivity index (χ4v) is 1.98. The Hall–Kier alpha value is -2.24. The van der Waals surface area contributed by atoms with Crippen molar-refractivity contribution in [2.75, 3.05) is 12.4 Å². The molecule has 1 aliphatic rings. The van der Waals surface area contributed by atoms with Gasteiger partial charge < -0.3 is 20.5 Å². The molecule has 3 N–H and O–H groups in total. The largest absolute Gasteiger partial charge is 0.497 e. The van der Waals surface area contributed by atoms with Gasteiger partial charge in [-0.05, 0) is 43.5 Å². The van der Waals surface area contributed by atoms with Gasteiger partial charge >= 0.3 is 12.0 Å². The molecule has 19 heavy (non-hydrogen) atoms. The Kier molecular flexibility index (Phi) is 3.59. The summed E-state index contributed by atoms with van der Waals surface area (Å²) in [5.41, 5.74) is -0.519. The van der Waals surface area contributed by atoms with E-state index < -0.39 is 17.5 Å². The second-order valence-corrected chi connectivity index (χ2v) is 4.55. The van der Waals surface area contributed by atoms with Gasteiger partial charge in [-0.2, -0.15) is 0 Å². The van der Waals surface area contributed by atoms with Crippen LogP contribution in [0.2, 0.25) is 0 Å². The topological polar surface area (TPSA) is 87.7 Å². The number of carbonyl (C=O) groups excluding carboxylic acids is 1. The molecule has 6 nitrogen and oxygen atoms in total. The zero-order chi connectivity index (χ0) is 13.9. The van der Waals surface area contributed by atoms with E-state index in [4.69, 9.17) is 9.84 Å². The molecule has 0 heterocycles. The molecule has 6 heteroatoms. The molecule has 0 atom stereocenters. The third kappa shape index (κ3) is 2.78. The van der Waals surface area contributed by atoms with Gasteiger partial charge in [0.1, 0.15) is 11.3 Å². The number of hydrogen-bond donors (Lipinski definition) is 3. The van der Waals surface area contributed by atoms with Gasteiger partial charge in [-0.1, -0.05) is 0 Å². The van der Waals surface area contributed by atoms with Gasteiger partial charge in [0.05, 0.1) is 7.11 Å². The molecule has 0 aromatic heterocycles. The minimum absolute atomic E-state index is 0.471. The van der Waals surface area contributed by atoms with E-state index in [0.29, 0.717) is 24.3 Å². The van der Waals surface area contributed by atoms with E-state index in [0.717, 1.165) is 6.42 Å². The molecule has 1 saturated carbocycles. The van der Waals surface area contributed by atoms with Crippen LogP contribution in [0.15, 0.2) is 24.3 Å². The van der Waals surface area contributed by atoms with E-state index >= 15 is 0 Å². The number of benzene rings is 1. The molecule has 1 aromatic rings. The highest BCUT2D eigenvalue weighted by atomic mass is 16.5. The number of carboxylic acid groups (broad SMARTS) is 1. The van der Waals surface area contributed by atoms with Gasteiger partial charge in [0, 0.05) is 5.69 Å². The van der Waals surface area contributed by atoms with Gasteiger partial charge in [0.25, 0.3) is 0 Å². The number of urea groups is 1. The molecule has 0 radical (unpaired) electrons. The highest BCUT2D eigenvalue weighted by Gasteiger charge is 2.45. The number of rotatable bonds is 4. The third-order valence-corrected chi connectivity index (χ3v) is 3.32. The third-order valence-electron chi connectivity index (χ3n) is 3.32. The normalized spacial score (nSPS) is 16.1. The number of amides is 2. The van der Waals surface area contributed by atoms with Crippen molar-refractivity contribution >= 4 is 17.7 Å². The Morgan fingerprint density at radius 1 is 1.26 bits per heavy atom. The number of anilines is 1. The molecule has 0 spiro atoms. The molecule has 1 fully saturated rings. The summed E-state index contributed by atoms with van der Waals surface area (Å²) in [5.74, 6) is -0.296. The van der Waals surface area contributed by atoms with Crippen molar-refractivity contribution < 1.29 is 19.4 Å². The van der Waals surface area contributed by atoms with E-state index in [2.05, 4.69) is 10.6 Å². The van der Waals surface area contributed by atoms with Crippen LogP contribution in [0.25, 0.3) is 0 Å². The molecule has 2 rings (SSSR count). The number of hydrogen-bond acceptors (Lipinski definition) is 3. The first kappa shape index (κ1) is 13.2. The minimum Gasteiger partial charge on any atom is -0.497 e. The van der Waals surface area contributed by atoms with Crippen LogP contribution in [0.3, 0.4) is 0 Å². The zero-order valence-corrected chi connectivity index (χ0v) is 10.6. The molecule has 1 aromatic carbocycles. The van der Waals surface area contributed by atoms with Gasteiger partial charge in [0.2, 0.25) is 0 Å². The predicted molar refractivity (Wildman–Crippen MR) is 69.4 cm³/mol. The lowest BCUT2D eigenvalue weighted by molar-refractivity contribution is -0.148. The molecule has 0 saturated heterocycles. The van der Waals surface area contributed by atoms with Crippen LogP contribution in [-0.4, -0.2) is 29.8 Å². The summed E-state index contributed by atoms with van der Waals surface area (Å²) in [7, 11) is 1.56. The zero-order valence-electron chi connectivity index (χ0n) is 10.6. The van der Waals surface area contributed by atoms with Crippen molar-refractivity contribution in [2.45, 2.75) is 24.8 Å².